The van der Waals surface area contributed by atoms with Gasteiger partial charge in [0.25, 0.3) is 0 Å². The second kappa shape index (κ2) is 6.24. The Morgan fingerprint density at radius 3 is 2.38 bits per heavy atom. The van der Waals surface area contributed by atoms with Gasteiger partial charge in [0, 0.05) is 0 Å². The molecule has 0 radical (unpaired) electrons. The van der Waals surface area contributed by atoms with Gasteiger partial charge < -0.3 is 0 Å². The van der Waals surface area contributed by atoms with E-state index in [-0.39, 0.29) is 0 Å². The quantitative estimate of drug-likeness (QED) is 0.325. The molecule has 0 bridgehead atoms. The summed E-state index contributed by atoms with van der Waals surface area (Å²) in [6, 6.07) is 19.1. The van der Waals surface area contributed by atoms with E-state index in [4.69, 9.17) is 12.2 Å². The predicted molar refractivity (Wildman–Crippen MR) is 98.3 cm³/mol. The molecule has 3 rings (SSSR count). The maximum Gasteiger partial charge on any atom is 0.153 e. The Balaban J connectivity index is 1.95. The zero-order valence-corrected chi connectivity index (χ0v) is 13.2. The van der Waals surface area contributed by atoms with Gasteiger partial charge in [0.15, 0.2) is 4.32 Å². The van der Waals surface area contributed by atoms with Crippen molar-refractivity contribution < 1.29 is 0 Å². The third-order valence-electron chi connectivity index (χ3n) is 3.28. The van der Waals surface area contributed by atoms with Gasteiger partial charge in [0.05, 0.1) is 6.21 Å². The Kier molecular flexibility index (Phi) is 4.18. The zero-order valence-electron chi connectivity index (χ0n) is 11.5. The van der Waals surface area contributed by atoms with Crippen molar-refractivity contribution in [2.45, 2.75) is 0 Å². The molecule has 0 atom stereocenters. The molecule has 1 N–H and O–H groups in total. The first-order valence-electron chi connectivity index (χ1n) is 6.56. The molecule has 104 valence electrons. The summed E-state index contributed by atoms with van der Waals surface area (Å²) in [5, 5.41) is 9.11. The lowest BCUT2D eigenvalue weighted by atomic mass is 10.0. The Morgan fingerprint density at radius 2 is 1.67 bits per heavy atom. The Morgan fingerprint density at radius 1 is 1.00 bits per heavy atom. The molecular weight excluding hydrogens is 296 g/mol. The van der Waals surface area contributed by atoms with E-state index in [0.717, 1.165) is 5.56 Å². The van der Waals surface area contributed by atoms with Crippen molar-refractivity contribution in [3.8, 4) is 0 Å². The van der Waals surface area contributed by atoms with E-state index in [2.05, 4.69) is 65.1 Å². The molecular formula is C17H14N2S2. The van der Waals surface area contributed by atoms with Crippen LogP contribution in [0.5, 0.6) is 0 Å². The smallest absolute Gasteiger partial charge is 0.153 e. The van der Waals surface area contributed by atoms with Crippen LogP contribution in [0.2, 0.25) is 0 Å². The standard InChI is InChI=1S/C17H14N2S2/c1-21-17(20)19-18-11-12-6-7-15-9-13-4-2-3-5-14(13)10-16(15)8-12/h2-11H,1H3,(H,19,20)/b18-11-. The van der Waals surface area contributed by atoms with E-state index >= 15 is 0 Å². The van der Waals surface area contributed by atoms with E-state index in [1.54, 1.807) is 6.21 Å². The minimum absolute atomic E-state index is 0.665. The van der Waals surface area contributed by atoms with Gasteiger partial charge in [-0.1, -0.05) is 60.4 Å². The number of thioether (sulfide) groups is 1. The first kappa shape index (κ1) is 14.0. The second-order valence-electron chi connectivity index (χ2n) is 4.67. The summed E-state index contributed by atoms with van der Waals surface area (Å²) in [5.74, 6) is 0. The first-order valence-corrected chi connectivity index (χ1v) is 8.19. The SMILES string of the molecule is CSC(=S)N/N=C\c1ccc2cc3ccccc3cc2c1. The number of rotatable bonds is 2. The van der Waals surface area contributed by atoms with Gasteiger partial charge in [-0.2, -0.15) is 5.10 Å². The molecule has 0 unspecified atom stereocenters. The van der Waals surface area contributed by atoms with Crippen molar-refractivity contribution in [1.29, 1.82) is 0 Å². The molecule has 0 spiro atoms. The van der Waals surface area contributed by atoms with Crippen LogP contribution in [0.15, 0.2) is 59.7 Å². The predicted octanol–water partition coefficient (Wildman–Crippen LogP) is 4.56. The van der Waals surface area contributed by atoms with E-state index in [1.807, 2.05) is 6.26 Å². The summed E-state index contributed by atoms with van der Waals surface area (Å²) in [6.45, 7) is 0. The van der Waals surface area contributed by atoms with Crippen molar-refractivity contribution >= 4 is 56.1 Å². The molecule has 4 heteroatoms. The fraction of sp³-hybridized carbons (Fsp3) is 0.0588. The van der Waals surface area contributed by atoms with E-state index in [9.17, 15) is 0 Å². The highest BCUT2D eigenvalue weighted by atomic mass is 32.2. The molecule has 0 fully saturated rings. The van der Waals surface area contributed by atoms with Crippen LogP contribution < -0.4 is 5.43 Å². The summed E-state index contributed by atoms with van der Waals surface area (Å²) in [4.78, 5) is 0. The normalized spacial score (nSPS) is 11.3. The lowest BCUT2D eigenvalue weighted by molar-refractivity contribution is 1.07. The number of hydrogen-bond acceptors (Lipinski definition) is 3. The molecule has 0 aliphatic rings. The second-order valence-corrected chi connectivity index (χ2v) is 6.15. The summed E-state index contributed by atoms with van der Waals surface area (Å²) in [5.41, 5.74) is 3.87. The third kappa shape index (κ3) is 3.23. The Labute approximate surface area is 133 Å². The topological polar surface area (TPSA) is 24.4 Å². The third-order valence-corrected chi connectivity index (χ3v) is 4.34. The minimum Gasteiger partial charge on any atom is -0.262 e. The molecule has 0 aromatic heterocycles. The van der Waals surface area contributed by atoms with Crippen molar-refractivity contribution in [3.05, 3.63) is 60.2 Å². The van der Waals surface area contributed by atoms with Gasteiger partial charge in [0.2, 0.25) is 0 Å². The number of hydrogen-bond donors (Lipinski definition) is 1. The molecule has 3 aromatic carbocycles. The van der Waals surface area contributed by atoms with Crippen molar-refractivity contribution in [2.75, 3.05) is 6.26 Å². The molecule has 0 saturated carbocycles. The van der Waals surface area contributed by atoms with Gasteiger partial charge in [-0.05, 0) is 51.6 Å². The molecule has 0 amide bonds. The van der Waals surface area contributed by atoms with Crippen LogP contribution in [-0.2, 0) is 0 Å². The largest absolute Gasteiger partial charge is 0.262 e. The van der Waals surface area contributed by atoms with Crippen LogP contribution in [0, 0.1) is 0 Å². The van der Waals surface area contributed by atoms with Gasteiger partial charge in [-0.3, -0.25) is 5.43 Å². The summed E-state index contributed by atoms with van der Waals surface area (Å²) in [6.07, 6.45) is 3.71. The molecule has 3 aromatic rings. The molecule has 2 nitrogen and oxygen atoms in total. The fourth-order valence-electron chi connectivity index (χ4n) is 2.24. The van der Waals surface area contributed by atoms with E-state index < -0.39 is 0 Å². The van der Waals surface area contributed by atoms with Crippen molar-refractivity contribution in [3.63, 3.8) is 0 Å². The number of fused-ring (bicyclic) bond motifs is 2. The van der Waals surface area contributed by atoms with E-state index in [1.165, 1.54) is 33.3 Å². The average molecular weight is 310 g/mol. The molecule has 0 heterocycles. The fourth-order valence-corrected chi connectivity index (χ4v) is 2.44. The summed E-state index contributed by atoms with van der Waals surface area (Å²) < 4.78 is 0.665. The summed E-state index contributed by atoms with van der Waals surface area (Å²) in [7, 11) is 0. The molecule has 0 saturated heterocycles. The Bertz CT molecular complexity index is 840. The highest BCUT2D eigenvalue weighted by Crippen LogP contribution is 2.23. The van der Waals surface area contributed by atoms with Crippen LogP contribution in [0.1, 0.15) is 5.56 Å². The zero-order chi connectivity index (χ0) is 14.7. The number of hydrazone groups is 1. The van der Waals surface area contributed by atoms with Crippen molar-refractivity contribution in [2.24, 2.45) is 5.10 Å². The lowest BCUT2D eigenvalue weighted by Gasteiger charge is -2.03. The van der Waals surface area contributed by atoms with Crippen molar-refractivity contribution in [1.82, 2.24) is 5.43 Å². The van der Waals surface area contributed by atoms with Crippen LogP contribution in [0.25, 0.3) is 21.5 Å². The highest BCUT2D eigenvalue weighted by Gasteiger charge is 1.98. The number of benzene rings is 3. The van der Waals surface area contributed by atoms with Crippen LogP contribution >= 0.6 is 24.0 Å². The molecule has 21 heavy (non-hydrogen) atoms. The average Bonchev–Trinajstić information content (AvgIpc) is 2.52. The van der Waals surface area contributed by atoms with Gasteiger partial charge in [-0.25, -0.2) is 0 Å². The lowest BCUT2D eigenvalue weighted by Crippen LogP contribution is -2.10. The monoisotopic (exact) mass is 310 g/mol. The van der Waals surface area contributed by atoms with Crippen LogP contribution in [-0.4, -0.2) is 16.8 Å². The minimum atomic E-state index is 0.665. The van der Waals surface area contributed by atoms with Gasteiger partial charge >= 0.3 is 0 Å². The van der Waals surface area contributed by atoms with E-state index in [0.29, 0.717) is 4.32 Å². The molecule has 0 aliphatic carbocycles. The Hall–Kier alpha value is -1.91. The molecule has 0 aliphatic heterocycles. The van der Waals surface area contributed by atoms with Gasteiger partial charge in [0.1, 0.15) is 0 Å². The maximum atomic E-state index is 5.04. The van der Waals surface area contributed by atoms with Crippen LogP contribution in [0.3, 0.4) is 0 Å². The van der Waals surface area contributed by atoms with Crippen LogP contribution in [0.4, 0.5) is 0 Å². The number of nitrogens with one attached hydrogen (secondary N) is 1. The number of nitrogens with zero attached hydrogens (tertiary/aromatic N) is 1. The van der Waals surface area contributed by atoms with Gasteiger partial charge in [-0.15, -0.1) is 0 Å². The maximum absolute atomic E-state index is 5.04. The first-order chi connectivity index (χ1) is 10.3. The number of thiocarbonyl (C=S) groups is 1. The highest BCUT2D eigenvalue weighted by molar-refractivity contribution is 8.22. The summed E-state index contributed by atoms with van der Waals surface area (Å²) >= 11 is 6.51.